The van der Waals surface area contributed by atoms with E-state index in [-0.39, 0.29) is 31.6 Å². The molecule has 0 amide bonds. The second-order valence-electron chi connectivity index (χ2n) is 8.93. The van der Waals surface area contributed by atoms with Crippen LogP contribution in [0.1, 0.15) is 27.4 Å². The molecule has 0 fully saturated rings. The van der Waals surface area contributed by atoms with E-state index in [0.29, 0.717) is 16.9 Å². The summed E-state index contributed by atoms with van der Waals surface area (Å²) in [7, 11) is 0. The zero-order chi connectivity index (χ0) is 46.0. The summed E-state index contributed by atoms with van der Waals surface area (Å²) in [6, 6.07) is -6.00. The summed E-state index contributed by atoms with van der Waals surface area (Å²) >= 11 is 0.695. The van der Waals surface area contributed by atoms with Crippen LogP contribution in [-0.2, 0) is 0 Å². The summed E-state index contributed by atoms with van der Waals surface area (Å²) in [6.07, 6.45) is 0. The van der Waals surface area contributed by atoms with E-state index >= 15 is 0 Å². The number of thiophene rings is 1. The van der Waals surface area contributed by atoms with Crippen LogP contribution in [0.4, 0.5) is 0 Å². The van der Waals surface area contributed by atoms with Gasteiger partial charge in [0.2, 0.25) is 0 Å². The Balaban J connectivity index is 1.45. The van der Waals surface area contributed by atoms with Crippen LogP contribution in [0.2, 0.25) is 0 Å². The number of nitrogens with zero attached hydrogens (tertiary/aromatic N) is 3. The normalized spacial score (nSPS) is 17.8. The van der Waals surface area contributed by atoms with Gasteiger partial charge in [0, 0.05) is 36.9 Å². The van der Waals surface area contributed by atoms with E-state index in [9.17, 15) is 4.11 Å². The van der Waals surface area contributed by atoms with Crippen molar-refractivity contribution in [1.82, 2.24) is 15.0 Å². The number of aromatic nitrogens is 3. The lowest BCUT2D eigenvalue weighted by molar-refractivity contribution is 1.07. The lowest BCUT2D eigenvalue weighted by atomic mass is 9.99. The van der Waals surface area contributed by atoms with Gasteiger partial charge in [0.25, 0.3) is 0 Å². The Bertz CT molecular complexity index is 3270. The molecule has 8 rings (SSSR count). The summed E-state index contributed by atoms with van der Waals surface area (Å²) in [6.45, 7) is 0. The van der Waals surface area contributed by atoms with Gasteiger partial charge in [-0.05, 0) is 28.3 Å². The highest BCUT2D eigenvalue weighted by atomic mass is 32.1. The monoisotopic (exact) mass is 587 g/mol. The first kappa shape index (κ1) is 12.0. The lowest BCUT2D eigenvalue weighted by Crippen LogP contribution is -1.99. The average Bonchev–Trinajstić information content (AvgIpc) is 3.68. The van der Waals surface area contributed by atoms with Crippen molar-refractivity contribution in [2.45, 2.75) is 0 Å². The minimum atomic E-state index is -0.836. The molecule has 0 radical (unpaired) electrons. The molecule has 0 aliphatic heterocycles. The van der Waals surface area contributed by atoms with Crippen molar-refractivity contribution in [3.63, 3.8) is 0 Å². The largest absolute Gasteiger partial charge is 0.208 e. The third-order valence-corrected chi connectivity index (χ3v) is 7.42. The minimum absolute atomic E-state index is 0.0759. The molecule has 0 spiro atoms. The van der Waals surface area contributed by atoms with Crippen LogP contribution in [-0.4, -0.2) is 15.0 Å². The Morgan fingerprint density at radius 3 is 1.74 bits per heavy atom. The Labute approximate surface area is 281 Å². The number of fused-ring (bicyclic) bond motifs is 3. The minimum Gasteiger partial charge on any atom is -0.208 e. The van der Waals surface area contributed by atoms with Crippen LogP contribution in [0, 0.1) is 0 Å². The van der Waals surface area contributed by atoms with Crippen LogP contribution in [0.3, 0.4) is 0 Å². The molecule has 0 atom stereocenters. The van der Waals surface area contributed by atoms with Crippen molar-refractivity contribution in [3.05, 3.63) is 151 Å². The first-order valence-electron chi connectivity index (χ1n) is 22.7. The smallest absolute Gasteiger partial charge is 0.164 e. The second kappa shape index (κ2) is 10.8. The Morgan fingerprint density at radius 1 is 0.442 bits per heavy atom. The molecule has 0 bridgehead atoms. The molecule has 3 nitrogen and oxygen atoms in total. The van der Waals surface area contributed by atoms with Gasteiger partial charge in [0.1, 0.15) is 0 Å². The molecule has 0 aliphatic rings. The summed E-state index contributed by atoms with van der Waals surface area (Å²) in [4.78, 5) is 13.4. The van der Waals surface area contributed by atoms with E-state index in [0.717, 1.165) is 0 Å². The molecule has 202 valence electrons. The molecular formula is C39H25N3S. The van der Waals surface area contributed by atoms with Gasteiger partial charge in [-0.25, -0.2) is 15.0 Å². The van der Waals surface area contributed by atoms with E-state index in [1.807, 2.05) is 0 Å². The molecular weight excluding hydrogens is 543 g/mol. The zero-order valence-electron chi connectivity index (χ0n) is 41.6. The highest BCUT2D eigenvalue weighted by Crippen LogP contribution is 2.41. The van der Waals surface area contributed by atoms with Crippen LogP contribution in [0.15, 0.2) is 151 Å². The van der Waals surface area contributed by atoms with Gasteiger partial charge in [0.15, 0.2) is 17.5 Å². The van der Waals surface area contributed by atoms with E-state index in [4.69, 9.17) is 23.3 Å². The first-order chi connectivity index (χ1) is 29.6. The predicted molar refractivity (Wildman–Crippen MR) is 180 cm³/mol. The Hall–Kier alpha value is -5.45. The van der Waals surface area contributed by atoms with Crippen LogP contribution < -0.4 is 0 Å². The fourth-order valence-electron chi connectivity index (χ4n) is 4.32. The molecule has 2 aromatic heterocycles. The van der Waals surface area contributed by atoms with Crippen molar-refractivity contribution in [2.24, 2.45) is 0 Å². The average molecular weight is 588 g/mol. The van der Waals surface area contributed by atoms with Crippen molar-refractivity contribution in [1.29, 1.82) is 0 Å². The molecule has 0 aliphatic carbocycles. The summed E-state index contributed by atoms with van der Waals surface area (Å²) in [5, 5.41) is -0.403. The van der Waals surface area contributed by atoms with Gasteiger partial charge in [-0.15, -0.1) is 11.3 Å². The number of hydrogen-bond donors (Lipinski definition) is 0. The predicted octanol–water partition coefficient (Wildman–Crippen LogP) is 10.6. The fraction of sp³-hybridized carbons (Fsp3) is 0. The maximum absolute atomic E-state index is 9.48. The lowest BCUT2D eigenvalue weighted by Gasteiger charge is -2.08. The topological polar surface area (TPSA) is 38.7 Å². The van der Waals surface area contributed by atoms with E-state index in [1.54, 1.807) is 30.3 Å². The maximum atomic E-state index is 9.48. The molecule has 2 heterocycles. The fourth-order valence-corrected chi connectivity index (χ4v) is 5.44. The van der Waals surface area contributed by atoms with E-state index in [2.05, 4.69) is 15.0 Å². The van der Waals surface area contributed by atoms with Crippen molar-refractivity contribution in [3.8, 4) is 56.4 Å². The first-order valence-corrected chi connectivity index (χ1v) is 13.5. The molecule has 0 unspecified atom stereocenters. The molecule has 6 aromatic carbocycles. The Kier molecular flexibility index (Phi) is 3.01. The van der Waals surface area contributed by atoms with Gasteiger partial charge in [-0.1, -0.05) is 145 Å². The third kappa shape index (κ3) is 4.78. The number of hydrogen-bond acceptors (Lipinski definition) is 4. The van der Waals surface area contributed by atoms with Gasteiger partial charge in [0.05, 0.1) is 27.4 Å². The van der Waals surface area contributed by atoms with Crippen molar-refractivity contribution in [2.75, 3.05) is 0 Å². The van der Waals surface area contributed by atoms with Crippen molar-refractivity contribution >= 4 is 31.5 Å². The molecule has 0 saturated carbocycles. The van der Waals surface area contributed by atoms with Gasteiger partial charge in [-0.3, -0.25) is 0 Å². The highest BCUT2D eigenvalue weighted by Gasteiger charge is 2.15. The van der Waals surface area contributed by atoms with E-state index < -0.39 is 160 Å². The number of rotatable bonds is 5. The summed E-state index contributed by atoms with van der Waals surface area (Å²) in [5.41, 5.74) is -2.54. The molecule has 0 saturated heterocycles. The van der Waals surface area contributed by atoms with Gasteiger partial charge >= 0.3 is 0 Å². The summed E-state index contributed by atoms with van der Waals surface area (Å²) in [5.74, 6) is -0.875. The molecule has 8 aromatic rings. The summed E-state index contributed by atoms with van der Waals surface area (Å²) < 4.78 is 173. The molecule has 0 N–H and O–H groups in total. The quantitative estimate of drug-likeness (QED) is 0.201. The molecule has 43 heavy (non-hydrogen) atoms. The highest BCUT2D eigenvalue weighted by molar-refractivity contribution is 7.26. The van der Waals surface area contributed by atoms with Gasteiger partial charge < -0.3 is 0 Å². The van der Waals surface area contributed by atoms with Crippen LogP contribution >= 0.6 is 11.3 Å². The van der Waals surface area contributed by atoms with E-state index in [1.165, 1.54) is 0 Å². The Morgan fingerprint density at radius 2 is 1.02 bits per heavy atom. The number of benzene rings is 6. The second-order valence-corrected chi connectivity index (χ2v) is 9.95. The SMILES string of the molecule is [2H]c1c([2H])c([2H])c(-c2nc(-c3ccccc3)nc(-c3c([2H])c([2H])c4c(sc5c(-c6c([2H])c([2H])c(-c7c([2H])c([2H])c([2H])c([2H])c7[2H])c([2H])c6[2H])c([2H])c([2H])c([2H])c54)c3[2H])n2)c([2H])c1[2H]. The maximum Gasteiger partial charge on any atom is 0.164 e. The standard InChI is InChI=1S/C39H25N3S/c1-4-11-26(12-5-1)27-19-21-28(22-20-27)32-17-10-18-34-33-24-23-31(25-35(33)43-36(32)34)39-41-37(29-13-6-2-7-14-29)40-38(42-39)30-15-8-3-9-16-30/h1-25H/i1D,2D,4D,5D,6D,7D,10D,11D,12D,13D,14D,17D,18D,19D,20D,21D,22D,23D,24D,25D. The third-order valence-electron chi connectivity index (χ3n) is 6.30. The van der Waals surface area contributed by atoms with Crippen LogP contribution in [0.25, 0.3) is 76.6 Å². The van der Waals surface area contributed by atoms with Gasteiger partial charge in [-0.2, -0.15) is 0 Å². The molecule has 4 heteroatoms. The zero-order valence-corrected chi connectivity index (χ0v) is 22.5. The van der Waals surface area contributed by atoms with Crippen LogP contribution in [0.5, 0.6) is 0 Å². The van der Waals surface area contributed by atoms with Crippen molar-refractivity contribution < 1.29 is 27.4 Å².